The van der Waals surface area contributed by atoms with Gasteiger partial charge in [0.25, 0.3) is 0 Å². The first-order valence-corrected chi connectivity index (χ1v) is 16.2. The van der Waals surface area contributed by atoms with Crippen LogP contribution in [-0.4, -0.2) is 7.05 Å². The van der Waals surface area contributed by atoms with E-state index in [1.807, 2.05) is 0 Å². The summed E-state index contributed by atoms with van der Waals surface area (Å²) in [6.07, 6.45) is 19.0. The van der Waals surface area contributed by atoms with Crippen molar-refractivity contribution in [1.82, 2.24) is 0 Å². The molecule has 1 heterocycles. The highest BCUT2D eigenvalue weighted by Crippen LogP contribution is 2.51. The molecule has 2 aromatic carbocycles. The van der Waals surface area contributed by atoms with Gasteiger partial charge in [0, 0.05) is 29.3 Å². The number of hydrogen-bond acceptors (Lipinski definition) is 1. The van der Waals surface area contributed by atoms with E-state index in [4.69, 9.17) is 0 Å². The van der Waals surface area contributed by atoms with Crippen molar-refractivity contribution >= 4 is 11.3 Å². The van der Waals surface area contributed by atoms with Gasteiger partial charge < -0.3 is 4.90 Å². The lowest BCUT2D eigenvalue weighted by atomic mass is 9.69. The van der Waals surface area contributed by atoms with Crippen LogP contribution in [0.5, 0.6) is 0 Å². The zero-order valence-corrected chi connectivity index (χ0v) is 27.0. The Morgan fingerprint density at radius 1 is 0.738 bits per heavy atom. The van der Waals surface area contributed by atoms with Crippen LogP contribution in [0, 0.1) is 25.7 Å². The molecule has 0 saturated carbocycles. The minimum absolute atomic E-state index is 0.0185. The second-order valence-corrected chi connectivity index (χ2v) is 14.9. The molecule has 5 aliphatic rings. The van der Waals surface area contributed by atoms with E-state index in [2.05, 4.69) is 127 Å². The van der Waals surface area contributed by atoms with E-state index in [1.165, 1.54) is 93.6 Å². The van der Waals surface area contributed by atoms with Gasteiger partial charge in [0.15, 0.2) is 0 Å². The first-order valence-electron chi connectivity index (χ1n) is 16.2. The Balaban J connectivity index is 1.21. The van der Waals surface area contributed by atoms with Crippen LogP contribution in [0.15, 0.2) is 100 Å². The standard InChI is InChI=1S/C41H47N/c1-25-9-15-34-27(3)35(40(4,5)36(34)17-25)21-28-11-13-30-23-31-14-12-29(20-33(31)24-32(30)19-28)22-39-41(6,7)37-18-26(2)10-16-38(37)42(39)8/h9-10,15-22,24,30-31H,11-14,23H2,1-8H3/b28-21+,39-22+. The zero-order chi connectivity index (χ0) is 29.6. The Morgan fingerprint density at radius 3 is 2.17 bits per heavy atom. The average Bonchev–Trinajstić information content (AvgIpc) is 3.25. The highest BCUT2D eigenvalue weighted by atomic mass is 15.2. The minimum Gasteiger partial charge on any atom is -0.347 e. The van der Waals surface area contributed by atoms with Crippen molar-refractivity contribution in [2.24, 2.45) is 11.8 Å². The molecular formula is C41H47N. The Morgan fingerprint density at radius 2 is 1.40 bits per heavy atom. The fourth-order valence-corrected chi connectivity index (χ4v) is 8.73. The topological polar surface area (TPSA) is 3.24 Å². The Bertz CT molecular complexity index is 1690. The lowest BCUT2D eigenvalue weighted by Crippen LogP contribution is -2.24. The Hall–Kier alpha value is -3.32. The third kappa shape index (κ3) is 4.26. The van der Waals surface area contributed by atoms with Crippen LogP contribution in [-0.2, 0) is 10.8 Å². The normalized spacial score (nSPS) is 27.3. The number of aryl methyl sites for hydroxylation is 2. The molecule has 0 N–H and O–H groups in total. The van der Waals surface area contributed by atoms with Crippen molar-refractivity contribution in [3.05, 3.63) is 128 Å². The van der Waals surface area contributed by atoms with Gasteiger partial charge in [-0.3, -0.25) is 0 Å². The molecule has 0 aromatic heterocycles. The minimum atomic E-state index is 0.0185. The maximum Gasteiger partial charge on any atom is 0.0448 e. The molecule has 0 radical (unpaired) electrons. The second-order valence-electron chi connectivity index (χ2n) is 14.9. The lowest BCUT2D eigenvalue weighted by Gasteiger charge is -2.36. The van der Waals surface area contributed by atoms with Crippen LogP contribution in [0.2, 0.25) is 0 Å². The SMILES string of the molecule is CC1=C(/C=C2/C=C3C=C4C=C(/C=C5/N(C)c6ccc(C)cc6C5(C)C)CCC4CC3CC2)C(C)(C)c2cc(C)ccc21. The summed E-state index contributed by atoms with van der Waals surface area (Å²) in [4.78, 5) is 2.43. The fourth-order valence-electron chi connectivity index (χ4n) is 8.73. The van der Waals surface area contributed by atoms with Crippen molar-refractivity contribution in [1.29, 1.82) is 0 Å². The van der Waals surface area contributed by atoms with E-state index in [1.54, 1.807) is 11.1 Å². The second kappa shape index (κ2) is 9.60. The third-order valence-corrected chi connectivity index (χ3v) is 11.3. The summed E-state index contributed by atoms with van der Waals surface area (Å²) in [5.41, 5.74) is 19.0. The zero-order valence-electron chi connectivity index (χ0n) is 27.0. The Labute approximate surface area is 254 Å². The van der Waals surface area contributed by atoms with E-state index >= 15 is 0 Å². The third-order valence-electron chi connectivity index (χ3n) is 11.3. The first kappa shape index (κ1) is 27.5. The summed E-state index contributed by atoms with van der Waals surface area (Å²) in [6.45, 7) is 16.3. The number of anilines is 1. The predicted octanol–water partition coefficient (Wildman–Crippen LogP) is 10.6. The molecule has 0 bridgehead atoms. The van der Waals surface area contributed by atoms with Crippen molar-refractivity contribution < 1.29 is 0 Å². The molecule has 0 saturated heterocycles. The van der Waals surface area contributed by atoms with E-state index in [0.717, 1.165) is 0 Å². The number of hydrogen-bond donors (Lipinski definition) is 0. The molecule has 216 valence electrons. The highest BCUT2D eigenvalue weighted by Gasteiger charge is 2.39. The quantitative estimate of drug-likeness (QED) is 0.357. The average molecular weight is 554 g/mol. The maximum atomic E-state index is 2.57. The molecule has 42 heavy (non-hydrogen) atoms. The monoisotopic (exact) mass is 553 g/mol. The molecule has 1 nitrogen and oxygen atoms in total. The lowest BCUT2D eigenvalue weighted by molar-refractivity contribution is 0.391. The Kier molecular flexibility index (Phi) is 6.29. The first-order chi connectivity index (χ1) is 19.9. The molecule has 1 aliphatic heterocycles. The predicted molar refractivity (Wildman–Crippen MR) is 180 cm³/mol. The molecule has 0 amide bonds. The van der Waals surface area contributed by atoms with Crippen LogP contribution < -0.4 is 4.90 Å². The van der Waals surface area contributed by atoms with Gasteiger partial charge >= 0.3 is 0 Å². The fraction of sp³-hybridized carbons (Fsp3) is 0.415. The molecule has 2 unspecified atom stereocenters. The van der Waals surface area contributed by atoms with Crippen molar-refractivity contribution in [2.75, 3.05) is 11.9 Å². The van der Waals surface area contributed by atoms with E-state index in [-0.39, 0.29) is 10.8 Å². The molecule has 0 fully saturated rings. The van der Waals surface area contributed by atoms with Gasteiger partial charge in [-0.25, -0.2) is 0 Å². The summed E-state index contributed by atoms with van der Waals surface area (Å²) in [7, 11) is 2.24. The van der Waals surface area contributed by atoms with Crippen molar-refractivity contribution in [3.63, 3.8) is 0 Å². The van der Waals surface area contributed by atoms with Gasteiger partial charge in [-0.1, -0.05) is 93.5 Å². The van der Waals surface area contributed by atoms with Gasteiger partial charge in [-0.05, 0) is 127 Å². The van der Waals surface area contributed by atoms with E-state index in [9.17, 15) is 0 Å². The number of rotatable bonds is 2. The number of likely N-dealkylation sites (N-methyl/N-ethyl adjacent to an activating group) is 1. The number of fused-ring (bicyclic) bond motifs is 4. The smallest absolute Gasteiger partial charge is 0.0448 e. The summed E-state index contributed by atoms with van der Waals surface area (Å²) in [5, 5.41) is 0. The van der Waals surface area contributed by atoms with Gasteiger partial charge in [-0.15, -0.1) is 0 Å². The van der Waals surface area contributed by atoms with Gasteiger partial charge in [0.2, 0.25) is 0 Å². The number of nitrogens with zero attached hydrogens (tertiary/aromatic N) is 1. The highest BCUT2D eigenvalue weighted by molar-refractivity contribution is 5.81. The molecule has 0 spiro atoms. The number of allylic oxidation sites excluding steroid dienone is 12. The van der Waals surface area contributed by atoms with Gasteiger partial charge in [0.1, 0.15) is 0 Å². The van der Waals surface area contributed by atoms with Crippen LogP contribution in [0.25, 0.3) is 5.57 Å². The molecule has 2 aromatic rings. The van der Waals surface area contributed by atoms with Gasteiger partial charge in [0.05, 0.1) is 0 Å². The summed E-state index contributed by atoms with van der Waals surface area (Å²) >= 11 is 0. The van der Waals surface area contributed by atoms with Crippen LogP contribution in [0.1, 0.15) is 94.5 Å². The van der Waals surface area contributed by atoms with Crippen LogP contribution in [0.3, 0.4) is 0 Å². The van der Waals surface area contributed by atoms with Crippen molar-refractivity contribution in [2.45, 2.75) is 91.4 Å². The van der Waals surface area contributed by atoms with Crippen LogP contribution >= 0.6 is 0 Å². The largest absolute Gasteiger partial charge is 0.347 e. The molecule has 1 heteroatoms. The molecule has 7 rings (SSSR count). The van der Waals surface area contributed by atoms with Crippen molar-refractivity contribution in [3.8, 4) is 0 Å². The number of benzene rings is 2. The summed E-state index contributed by atoms with van der Waals surface area (Å²) < 4.78 is 0. The van der Waals surface area contributed by atoms with Gasteiger partial charge in [-0.2, -0.15) is 0 Å². The summed E-state index contributed by atoms with van der Waals surface area (Å²) in [6, 6.07) is 13.9. The summed E-state index contributed by atoms with van der Waals surface area (Å²) in [5.74, 6) is 1.43. The molecular weight excluding hydrogens is 506 g/mol. The van der Waals surface area contributed by atoms with E-state index in [0.29, 0.717) is 11.8 Å². The maximum absolute atomic E-state index is 2.57. The van der Waals surface area contributed by atoms with E-state index < -0.39 is 0 Å². The van der Waals surface area contributed by atoms with Crippen LogP contribution in [0.4, 0.5) is 5.69 Å². The molecule has 4 aliphatic carbocycles. The molecule has 2 atom stereocenters.